The maximum Gasteiger partial charge on any atom is 0.122 e. The van der Waals surface area contributed by atoms with Crippen molar-refractivity contribution in [2.24, 2.45) is 0 Å². The Morgan fingerprint density at radius 2 is 2.06 bits per heavy atom. The monoisotopic (exact) mass is 247 g/mol. The van der Waals surface area contributed by atoms with Crippen LogP contribution in [0.5, 0.6) is 5.75 Å². The number of ether oxygens (including phenoxy) is 1. The Labute approximate surface area is 106 Å². The van der Waals surface area contributed by atoms with Gasteiger partial charge < -0.3 is 4.74 Å². The van der Waals surface area contributed by atoms with E-state index in [1.807, 2.05) is 18.2 Å². The van der Waals surface area contributed by atoms with Crippen molar-refractivity contribution in [3.05, 3.63) is 58.4 Å². The average molecular weight is 248 g/mol. The zero-order valence-electron chi connectivity index (χ0n) is 9.90. The van der Waals surface area contributed by atoms with Gasteiger partial charge in [-0.05, 0) is 37.1 Å². The summed E-state index contributed by atoms with van der Waals surface area (Å²) < 4.78 is 5.77. The van der Waals surface area contributed by atoms with Crippen molar-refractivity contribution in [2.45, 2.75) is 20.5 Å². The van der Waals surface area contributed by atoms with E-state index in [1.165, 1.54) is 5.56 Å². The van der Waals surface area contributed by atoms with Crippen LogP contribution in [0.3, 0.4) is 0 Å². The largest absolute Gasteiger partial charge is 0.489 e. The van der Waals surface area contributed by atoms with Gasteiger partial charge in [-0.2, -0.15) is 0 Å². The Morgan fingerprint density at radius 1 is 1.24 bits per heavy atom. The molecule has 2 aromatic rings. The van der Waals surface area contributed by atoms with Crippen molar-refractivity contribution in [1.29, 1.82) is 0 Å². The first-order chi connectivity index (χ1) is 8.18. The van der Waals surface area contributed by atoms with Gasteiger partial charge in [-0.25, -0.2) is 0 Å². The fourth-order valence-corrected chi connectivity index (χ4v) is 1.73. The minimum absolute atomic E-state index is 0.464. The Balaban J connectivity index is 2.13. The topological polar surface area (TPSA) is 22.1 Å². The Bertz CT molecular complexity index is 525. The van der Waals surface area contributed by atoms with Crippen LogP contribution in [-0.4, -0.2) is 4.98 Å². The lowest BCUT2D eigenvalue weighted by Crippen LogP contribution is -1.98. The fourth-order valence-electron chi connectivity index (χ4n) is 1.56. The van der Waals surface area contributed by atoms with Gasteiger partial charge in [0, 0.05) is 18.0 Å². The molecule has 0 spiro atoms. The van der Waals surface area contributed by atoms with E-state index in [9.17, 15) is 0 Å². The summed E-state index contributed by atoms with van der Waals surface area (Å²) in [4.78, 5) is 3.94. The van der Waals surface area contributed by atoms with Gasteiger partial charge in [0.15, 0.2) is 0 Å². The smallest absolute Gasteiger partial charge is 0.122 e. The number of halogens is 1. The van der Waals surface area contributed by atoms with Gasteiger partial charge in [-0.3, -0.25) is 4.98 Å². The molecular formula is C14H14ClNO. The van der Waals surface area contributed by atoms with Gasteiger partial charge in [-0.15, -0.1) is 0 Å². The van der Waals surface area contributed by atoms with Crippen LogP contribution in [-0.2, 0) is 6.61 Å². The van der Waals surface area contributed by atoms with E-state index < -0.39 is 0 Å². The molecule has 0 bridgehead atoms. The van der Waals surface area contributed by atoms with E-state index in [0.717, 1.165) is 16.9 Å². The van der Waals surface area contributed by atoms with E-state index in [4.69, 9.17) is 16.3 Å². The van der Waals surface area contributed by atoms with E-state index in [1.54, 1.807) is 12.4 Å². The number of aromatic nitrogens is 1. The molecule has 88 valence electrons. The zero-order chi connectivity index (χ0) is 12.3. The van der Waals surface area contributed by atoms with Gasteiger partial charge in [0.25, 0.3) is 0 Å². The number of hydrogen-bond acceptors (Lipinski definition) is 2. The van der Waals surface area contributed by atoms with Crippen LogP contribution in [0, 0.1) is 13.8 Å². The molecule has 0 atom stereocenters. The third-order valence-corrected chi connectivity index (χ3v) is 3.13. The summed E-state index contributed by atoms with van der Waals surface area (Å²) in [6, 6.07) is 7.90. The van der Waals surface area contributed by atoms with Crippen LogP contribution in [0.4, 0.5) is 0 Å². The molecule has 17 heavy (non-hydrogen) atoms. The lowest BCUT2D eigenvalue weighted by atomic mass is 10.1. The molecule has 0 unspecified atom stereocenters. The SMILES string of the molecule is Cc1cccc(OCc2ccncc2Cl)c1C. The van der Waals surface area contributed by atoms with Crippen LogP contribution in [0.25, 0.3) is 0 Å². The van der Waals surface area contributed by atoms with Crippen molar-refractivity contribution in [1.82, 2.24) is 4.98 Å². The Kier molecular flexibility index (Phi) is 3.64. The maximum atomic E-state index is 6.02. The van der Waals surface area contributed by atoms with Gasteiger partial charge in [0.1, 0.15) is 12.4 Å². The molecule has 1 aromatic heterocycles. The average Bonchev–Trinajstić information content (AvgIpc) is 2.33. The third-order valence-electron chi connectivity index (χ3n) is 2.79. The summed E-state index contributed by atoms with van der Waals surface area (Å²) in [7, 11) is 0. The van der Waals surface area contributed by atoms with Crippen molar-refractivity contribution in [2.75, 3.05) is 0 Å². The van der Waals surface area contributed by atoms with E-state index in [2.05, 4.69) is 24.9 Å². The van der Waals surface area contributed by atoms with Crippen molar-refractivity contribution in [3.8, 4) is 5.75 Å². The van der Waals surface area contributed by atoms with Crippen molar-refractivity contribution >= 4 is 11.6 Å². The maximum absolute atomic E-state index is 6.02. The lowest BCUT2D eigenvalue weighted by Gasteiger charge is -2.11. The normalized spacial score (nSPS) is 10.3. The van der Waals surface area contributed by atoms with Gasteiger partial charge in [0.05, 0.1) is 5.02 Å². The van der Waals surface area contributed by atoms with Crippen LogP contribution in [0.15, 0.2) is 36.7 Å². The number of hydrogen-bond donors (Lipinski definition) is 0. The van der Waals surface area contributed by atoms with Gasteiger partial charge in [0.2, 0.25) is 0 Å². The molecule has 0 aliphatic rings. The molecule has 0 aliphatic heterocycles. The first kappa shape index (κ1) is 11.9. The molecule has 0 aliphatic carbocycles. The minimum Gasteiger partial charge on any atom is -0.489 e. The van der Waals surface area contributed by atoms with E-state index in [-0.39, 0.29) is 0 Å². The first-order valence-corrected chi connectivity index (χ1v) is 5.83. The number of benzene rings is 1. The molecule has 1 aromatic carbocycles. The highest BCUT2D eigenvalue weighted by Crippen LogP contribution is 2.23. The molecule has 0 saturated carbocycles. The third kappa shape index (κ3) is 2.77. The standard InChI is InChI=1S/C14H14ClNO/c1-10-4-3-5-14(11(10)2)17-9-12-6-7-16-8-13(12)15/h3-8H,9H2,1-2H3. The van der Waals surface area contributed by atoms with Crippen molar-refractivity contribution in [3.63, 3.8) is 0 Å². The molecule has 2 rings (SSSR count). The highest BCUT2D eigenvalue weighted by atomic mass is 35.5. The predicted molar refractivity (Wildman–Crippen MR) is 69.5 cm³/mol. The van der Waals surface area contributed by atoms with Gasteiger partial charge >= 0.3 is 0 Å². The summed E-state index contributed by atoms with van der Waals surface area (Å²) in [6.07, 6.45) is 3.34. The Hall–Kier alpha value is -1.54. The summed E-state index contributed by atoms with van der Waals surface area (Å²) in [6.45, 7) is 4.59. The van der Waals surface area contributed by atoms with Crippen LogP contribution in [0.2, 0.25) is 5.02 Å². The molecule has 0 N–H and O–H groups in total. The minimum atomic E-state index is 0.464. The molecule has 3 heteroatoms. The van der Waals surface area contributed by atoms with Crippen LogP contribution in [0.1, 0.15) is 16.7 Å². The number of nitrogens with zero attached hydrogens (tertiary/aromatic N) is 1. The number of rotatable bonds is 3. The van der Waals surface area contributed by atoms with Gasteiger partial charge in [-0.1, -0.05) is 23.7 Å². The quantitative estimate of drug-likeness (QED) is 0.820. The fraction of sp³-hybridized carbons (Fsp3) is 0.214. The molecule has 1 heterocycles. The summed E-state index contributed by atoms with van der Waals surface area (Å²) in [5, 5.41) is 0.637. The number of aryl methyl sites for hydroxylation is 1. The zero-order valence-corrected chi connectivity index (χ0v) is 10.7. The molecule has 0 radical (unpaired) electrons. The first-order valence-electron chi connectivity index (χ1n) is 5.46. The predicted octanol–water partition coefficient (Wildman–Crippen LogP) is 3.93. The number of pyridine rings is 1. The molecule has 0 amide bonds. The highest BCUT2D eigenvalue weighted by molar-refractivity contribution is 6.31. The second kappa shape index (κ2) is 5.19. The Morgan fingerprint density at radius 3 is 2.82 bits per heavy atom. The summed E-state index contributed by atoms with van der Waals surface area (Å²) >= 11 is 6.02. The molecule has 0 fully saturated rings. The summed E-state index contributed by atoms with van der Waals surface area (Å²) in [5.41, 5.74) is 3.34. The van der Waals surface area contributed by atoms with Crippen LogP contribution < -0.4 is 4.74 Å². The second-order valence-corrected chi connectivity index (χ2v) is 4.36. The van der Waals surface area contributed by atoms with E-state index in [0.29, 0.717) is 11.6 Å². The molecular weight excluding hydrogens is 234 g/mol. The van der Waals surface area contributed by atoms with Crippen molar-refractivity contribution < 1.29 is 4.74 Å². The summed E-state index contributed by atoms with van der Waals surface area (Å²) in [5.74, 6) is 0.901. The molecule has 0 saturated heterocycles. The second-order valence-electron chi connectivity index (χ2n) is 3.95. The van der Waals surface area contributed by atoms with Crippen LogP contribution >= 0.6 is 11.6 Å². The highest BCUT2D eigenvalue weighted by Gasteiger charge is 2.04. The lowest BCUT2D eigenvalue weighted by molar-refractivity contribution is 0.304. The van der Waals surface area contributed by atoms with E-state index >= 15 is 0 Å². The molecule has 2 nitrogen and oxygen atoms in total.